The van der Waals surface area contributed by atoms with Gasteiger partial charge in [-0.25, -0.2) is 9.78 Å². The number of rotatable bonds is 4. The fourth-order valence-corrected chi connectivity index (χ4v) is 1.88. The highest BCUT2D eigenvalue weighted by molar-refractivity contribution is 6.30. The summed E-state index contributed by atoms with van der Waals surface area (Å²) in [6.45, 7) is 1.51. The number of carbonyl (C=O) groups is 2. The molecule has 0 aromatic carbocycles. The van der Waals surface area contributed by atoms with Crippen molar-refractivity contribution >= 4 is 23.5 Å². The maximum Gasteiger partial charge on any atom is 0.326 e. The molecule has 1 N–H and O–H groups in total. The van der Waals surface area contributed by atoms with Gasteiger partial charge in [-0.05, 0) is 31.9 Å². The Morgan fingerprint density at radius 3 is 2.61 bits per heavy atom. The van der Waals surface area contributed by atoms with Crippen LogP contribution < -0.4 is 0 Å². The van der Waals surface area contributed by atoms with Gasteiger partial charge in [-0.15, -0.1) is 0 Å². The highest BCUT2D eigenvalue weighted by Gasteiger charge is 2.39. The number of pyridine rings is 1. The van der Waals surface area contributed by atoms with E-state index in [1.165, 1.54) is 24.1 Å². The van der Waals surface area contributed by atoms with Gasteiger partial charge in [0.05, 0.1) is 5.02 Å². The van der Waals surface area contributed by atoms with Crippen molar-refractivity contribution < 1.29 is 14.7 Å². The summed E-state index contributed by atoms with van der Waals surface area (Å²) >= 11 is 5.70. The highest BCUT2D eigenvalue weighted by atomic mass is 35.5. The summed E-state index contributed by atoms with van der Waals surface area (Å²) in [5, 5.41) is 9.47. The van der Waals surface area contributed by atoms with Gasteiger partial charge < -0.3 is 10.0 Å². The molecule has 1 aromatic heterocycles. The van der Waals surface area contributed by atoms with Gasteiger partial charge in [-0.2, -0.15) is 0 Å². The molecule has 0 spiro atoms. The Balaban J connectivity index is 2.23. The molecule has 1 amide bonds. The maximum atomic E-state index is 12.2. The fraction of sp³-hybridized carbons (Fsp3) is 0.417. The Bertz CT molecular complexity index is 471. The predicted molar refractivity (Wildman–Crippen MR) is 65.5 cm³/mol. The van der Waals surface area contributed by atoms with Crippen LogP contribution in [0.2, 0.25) is 5.02 Å². The normalized spacial score (nSPS) is 16.1. The summed E-state index contributed by atoms with van der Waals surface area (Å²) in [5.41, 5.74) is 0.222. The Morgan fingerprint density at radius 1 is 1.50 bits per heavy atom. The van der Waals surface area contributed by atoms with Crippen LogP contribution in [0.4, 0.5) is 0 Å². The summed E-state index contributed by atoms with van der Waals surface area (Å²) in [6, 6.07) is 2.25. The number of hydrogen-bond acceptors (Lipinski definition) is 3. The first-order chi connectivity index (χ1) is 8.50. The molecule has 1 unspecified atom stereocenters. The molecule has 2 rings (SSSR count). The minimum absolute atomic E-state index is 0.0149. The van der Waals surface area contributed by atoms with E-state index < -0.39 is 12.0 Å². The van der Waals surface area contributed by atoms with Crippen LogP contribution in [0.25, 0.3) is 0 Å². The quantitative estimate of drug-likeness (QED) is 0.904. The Kier molecular flexibility index (Phi) is 3.52. The van der Waals surface area contributed by atoms with E-state index in [-0.39, 0.29) is 17.6 Å². The number of halogens is 1. The van der Waals surface area contributed by atoms with Crippen molar-refractivity contribution in [2.24, 2.45) is 0 Å². The molecule has 0 saturated heterocycles. The molecule has 1 atom stereocenters. The van der Waals surface area contributed by atoms with Gasteiger partial charge in [0.2, 0.25) is 0 Å². The second-order valence-electron chi connectivity index (χ2n) is 4.32. The number of hydrogen-bond donors (Lipinski definition) is 1. The van der Waals surface area contributed by atoms with Crippen molar-refractivity contribution in [1.82, 2.24) is 9.88 Å². The van der Waals surface area contributed by atoms with Crippen molar-refractivity contribution in [3.8, 4) is 0 Å². The molecule has 6 heteroatoms. The standard InChI is InChI=1S/C12H13ClN2O3/c1-7(12(17)18)15(9-3-4-9)11(16)10-5-2-8(13)6-14-10/h2,5-7,9H,3-4H2,1H3,(H,17,18). The third-order valence-corrected chi connectivity index (χ3v) is 3.12. The molecule has 0 aliphatic heterocycles. The van der Waals surface area contributed by atoms with Gasteiger partial charge in [0, 0.05) is 12.2 Å². The van der Waals surface area contributed by atoms with Crippen LogP contribution >= 0.6 is 11.6 Å². The lowest BCUT2D eigenvalue weighted by atomic mass is 10.2. The lowest BCUT2D eigenvalue weighted by Crippen LogP contribution is -2.45. The smallest absolute Gasteiger partial charge is 0.326 e. The van der Waals surface area contributed by atoms with E-state index in [4.69, 9.17) is 16.7 Å². The largest absolute Gasteiger partial charge is 0.480 e. The van der Waals surface area contributed by atoms with Crippen molar-refractivity contribution in [2.45, 2.75) is 31.8 Å². The number of carboxylic acids is 1. The Hall–Kier alpha value is -1.62. The van der Waals surface area contributed by atoms with Crippen LogP contribution in [-0.4, -0.2) is 39.0 Å². The Morgan fingerprint density at radius 2 is 2.17 bits per heavy atom. The lowest BCUT2D eigenvalue weighted by molar-refractivity contribution is -0.141. The monoisotopic (exact) mass is 268 g/mol. The van der Waals surface area contributed by atoms with E-state index in [0.29, 0.717) is 5.02 Å². The van der Waals surface area contributed by atoms with Gasteiger partial charge in [-0.3, -0.25) is 4.79 Å². The van der Waals surface area contributed by atoms with Gasteiger partial charge in [0.1, 0.15) is 11.7 Å². The predicted octanol–water partition coefficient (Wildman–Crippen LogP) is 1.81. The van der Waals surface area contributed by atoms with Crippen LogP contribution in [0.1, 0.15) is 30.3 Å². The van der Waals surface area contributed by atoms with Gasteiger partial charge in [-0.1, -0.05) is 11.6 Å². The third kappa shape index (κ3) is 2.61. The van der Waals surface area contributed by atoms with Crippen molar-refractivity contribution in [2.75, 3.05) is 0 Å². The van der Waals surface area contributed by atoms with E-state index in [1.54, 1.807) is 6.07 Å². The number of nitrogens with zero attached hydrogens (tertiary/aromatic N) is 2. The van der Waals surface area contributed by atoms with E-state index >= 15 is 0 Å². The molecule has 96 valence electrons. The molecule has 1 aliphatic rings. The van der Waals surface area contributed by atoms with Gasteiger partial charge >= 0.3 is 5.97 Å². The second kappa shape index (κ2) is 4.94. The molecule has 18 heavy (non-hydrogen) atoms. The summed E-state index contributed by atoms with van der Waals surface area (Å²) < 4.78 is 0. The first kappa shape index (κ1) is 12.8. The Labute approximate surface area is 109 Å². The molecule has 5 nitrogen and oxygen atoms in total. The molecule has 1 saturated carbocycles. The summed E-state index contributed by atoms with van der Waals surface area (Å²) in [4.78, 5) is 28.6. The lowest BCUT2D eigenvalue weighted by Gasteiger charge is -2.26. The second-order valence-corrected chi connectivity index (χ2v) is 4.76. The first-order valence-corrected chi connectivity index (χ1v) is 6.05. The minimum Gasteiger partial charge on any atom is -0.480 e. The minimum atomic E-state index is -1.01. The summed E-state index contributed by atoms with van der Waals surface area (Å²) in [6.07, 6.45) is 3.07. The molecular formula is C12H13ClN2O3. The van der Waals surface area contributed by atoms with Gasteiger partial charge in [0.25, 0.3) is 5.91 Å². The number of carboxylic acid groups (broad SMARTS) is 1. The number of carbonyl (C=O) groups excluding carboxylic acids is 1. The van der Waals surface area contributed by atoms with E-state index in [9.17, 15) is 9.59 Å². The fourth-order valence-electron chi connectivity index (χ4n) is 1.76. The molecule has 1 aromatic rings. The van der Waals surface area contributed by atoms with Crippen LogP contribution in [0.15, 0.2) is 18.3 Å². The summed E-state index contributed by atoms with van der Waals surface area (Å²) in [7, 11) is 0. The zero-order chi connectivity index (χ0) is 13.3. The topological polar surface area (TPSA) is 70.5 Å². The van der Waals surface area contributed by atoms with Crippen LogP contribution in [0.3, 0.4) is 0 Å². The highest BCUT2D eigenvalue weighted by Crippen LogP contribution is 2.30. The SMILES string of the molecule is CC(C(=O)O)N(C(=O)c1ccc(Cl)cn1)C1CC1. The summed E-state index contributed by atoms with van der Waals surface area (Å²) in [5.74, 6) is -1.37. The molecule has 0 bridgehead atoms. The van der Waals surface area contributed by atoms with Crippen LogP contribution in [-0.2, 0) is 4.79 Å². The average molecular weight is 269 g/mol. The van der Waals surface area contributed by atoms with Crippen LogP contribution in [0.5, 0.6) is 0 Å². The van der Waals surface area contributed by atoms with Crippen LogP contribution in [0, 0.1) is 0 Å². The molecule has 0 radical (unpaired) electrons. The van der Waals surface area contributed by atoms with E-state index in [0.717, 1.165) is 12.8 Å². The van der Waals surface area contributed by atoms with Crippen molar-refractivity contribution in [3.05, 3.63) is 29.0 Å². The molecule has 1 aliphatic carbocycles. The molecular weight excluding hydrogens is 256 g/mol. The molecule has 1 heterocycles. The van der Waals surface area contributed by atoms with E-state index in [2.05, 4.69) is 4.98 Å². The van der Waals surface area contributed by atoms with Crippen molar-refractivity contribution in [1.29, 1.82) is 0 Å². The average Bonchev–Trinajstić information content (AvgIpc) is 3.14. The first-order valence-electron chi connectivity index (χ1n) is 5.67. The number of aliphatic carboxylic acids is 1. The van der Waals surface area contributed by atoms with Gasteiger partial charge in [0.15, 0.2) is 0 Å². The number of aromatic nitrogens is 1. The number of amides is 1. The zero-order valence-electron chi connectivity index (χ0n) is 9.84. The van der Waals surface area contributed by atoms with E-state index in [1.807, 2.05) is 0 Å². The maximum absolute atomic E-state index is 12.2. The molecule has 1 fully saturated rings. The van der Waals surface area contributed by atoms with Crippen molar-refractivity contribution in [3.63, 3.8) is 0 Å². The third-order valence-electron chi connectivity index (χ3n) is 2.90. The zero-order valence-corrected chi connectivity index (χ0v) is 10.6.